The van der Waals surface area contributed by atoms with Gasteiger partial charge >= 0.3 is 0 Å². The van der Waals surface area contributed by atoms with Crippen molar-refractivity contribution >= 4 is 17.7 Å². The highest BCUT2D eigenvalue weighted by atomic mass is 35.5. The fourth-order valence-corrected chi connectivity index (χ4v) is 1.26. The first kappa shape index (κ1) is 9.30. The molecule has 0 aromatic heterocycles. The molecule has 0 saturated heterocycles. The average Bonchev–Trinajstić information content (AvgIpc) is 2.03. The minimum absolute atomic E-state index is 0.546. The Morgan fingerprint density at radius 3 is 2.83 bits per heavy atom. The van der Waals surface area contributed by atoms with E-state index in [0.717, 1.165) is 10.6 Å². The van der Waals surface area contributed by atoms with Crippen LogP contribution in [0.1, 0.15) is 11.1 Å². The molecule has 0 amide bonds. The van der Waals surface area contributed by atoms with E-state index >= 15 is 0 Å². The molecule has 0 aliphatic carbocycles. The van der Waals surface area contributed by atoms with Gasteiger partial charge in [0.2, 0.25) is 0 Å². The second-order valence-electron chi connectivity index (χ2n) is 2.66. The summed E-state index contributed by atoms with van der Waals surface area (Å²) in [6, 6.07) is 5.96. The fourth-order valence-electron chi connectivity index (χ4n) is 0.962. The van der Waals surface area contributed by atoms with Crippen molar-refractivity contribution in [3.63, 3.8) is 0 Å². The van der Waals surface area contributed by atoms with Crippen molar-refractivity contribution in [2.24, 2.45) is 5.73 Å². The Morgan fingerprint density at radius 1 is 1.50 bits per heavy atom. The summed E-state index contributed by atoms with van der Waals surface area (Å²) in [5.41, 5.74) is 7.52. The third-order valence-corrected chi connectivity index (χ3v) is 1.92. The summed E-state index contributed by atoms with van der Waals surface area (Å²) in [5, 5.41) is 0.778. The molecule has 0 heterocycles. The van der Waals surface area contributed by atoms with Crippen molar-refractivity contribution in [2.45, 2.75) is 6.92 Å². The maximum absolute atomic E-state index is 5.97. The molecular formula is C10H12ClN. The van der Waals surface area contributed by atoms with Gasteiger partial charge in [0.25, 0.3) is 0 Å². The monoisotopic (exact) mass is 181 g/mol. The molecule has 1 rings (SSSR count). The Kier molecular flexibility index (Phi) is 3.32. The topological polar surface area (TPSA) is 26.0 Å². The molecule has 0 unspecified atom stereocenters. The Bertz CT molecular complexity index is 292. The van der Waals surface area contributed by atoms with Crippen molar-refractivity contribution in [1.82, 2.24) is 0 Å². The van der Waals surface area contributed by atoms with Crippen LogP contribution < -0.4 is 5.73 Å². The van der Waals surface area contributed by atoms with E-state index in [-0.39, 0.29) is 0 Å². The largest absolute Gasteiger partial charge is 0.327 e. The van der Waals surface area contributed by atoms with Gasteiger partial charge in [-0.05, 0) is 24.1 Å². The number of hydrogen-bond acceptors (Lipinski definition) is 1. The lowest BCUT2D eigenvalue weighted by atomic mass is 10.1. The summed E-state index contributed by atoms with van der Waals surface area (Å²) in [6.07, 6.45) is 3.82. The summed E-state index contributed by atoms with van der Waals surface area (Å²) >= 11 is 5.97. The van der Waals surface area contributed by atoms with Crippen LogP contribution in [-0.4, -0.2) is 6.54 Å². The lowest BCUT2D eigenvalue weighted by molar-refractivity contribution is 1.26. The highest BCUT2D eigenvalue weighted by Crippen LogP contribution is 2.18. The molecule has 0 radical (unpaired) electrons. The van der Waals surface area contributed by atoms with Crippen molar-refractivity contribution in [3.05, 3.63) is 40.4 Å². The van der Waals surface area contributed by atoms with E-state index in [1.807, 2.05) is 37.3 Å². The van der Waals surface area contributed by atoms with Crippen LogP contribution in [0.3, 0.4) is 0 Å². The first-order valence-electron chi connectivity index (χ1n) is 3.87. The number of hydrogen-bond donors (Lipinski definition) is 1. The number of rotatable bonds is 2. The minimum atomic E-state index is 0.546. The van der Waals surface area contributed by atoms with E-state index in [1.54, 1.807) is 0 Å². The summed E-state index contributed by atoms with van der Waals surface area (Å²) in [5.74, 6) is 0. The summed E-state index contributed by atoms with van der Waals surface area (Å²) in [4.78, 5) is 0. The SMILES string of the molecule is Cc1ccc(/C=C/CN)c(Cl)c1. The smallest absolute Gasteiger partial charge is 0.0480 e. The first-order valence-corrected chi connectivity index (χ1v) is 4.24. The molecule has 1 aromatic carbocycles. The van der Waals surface area contributed by atoms with Crippen molar-refractivity contribution < 1.29 is 0 Å². The van der Waals surface area contributed by atoms with Crippen molar-refractivity contribution in [1.29, 1.82) is 0 Å². The van der Waals surface area contributed by atoms with Crippen molar-refractivity contribution in [3.8, 4) is 0 Å². The van der Waals surface area contributed by atoms with Gasteiger partial charge in [0.1, 0.15) is 0 Å². The Labute approximate surface area is 77.8 Å². The molecule has 0 bridgehead atoms. The molecule has 1 aromatic rings. The lowest BCUT2D eigenvalue weighted by Crippen LogP contribution is -1.92. The molecule has 0 spiro atoms. The number of halogens is 1. The van der Waals surface area contributed by atoms with Crippen molar-refractivity contribution in [2.75, 3.05) is 6.54 Å². The van der Waals surface area contributed by atoms with Crippen LogP contribution in [-0.2, 0) is 0 Å². The van der Waals surface area contributed by atoms with Gasteiger partial charge < -0.3 is 5.73 Å². The van der Waals surface area contributed by atoms with Crippen LogP contribution in [0.5, 0.6) is 0 Å². The van der Waals surface area contributed by atoms with Crippen LogP contribution in [0.2, 0.25) is 5.02 Å². The fraction of sp³-hybridized carbons (Fsp3) is 0.200. The summed E-state index contributed by atoms with van der Waals surface area (Å²) in [7, 11) is 0. The highest BCUT2D eigenvalue weighted by molar-refractivity contribution is 6.32. The van der Waals surface area contributed by atoms with Crippen LogP contribution in [0.25, 0.3) is 6.08 Å². The maximum atomic E-state index is 5.97. The van der Waals surface area contributed by atoms with E-state index in [9.17, 15) is 0 Å². The summed E-state index contributed by atoms with van der Waals surface area (Å²) < 4.78 is 0. The standard InChI is InChI=1S/C10H12ClN/c1-8-4-5-9(3-2-6-12)10(11)7-8/h2-5,7H,6,12H2,1H3/b3-2+. The van der Waals surface area contributed by atoms with Gasteiger partial charge in [-0.15, -0.1) is 0 Å². The van der Waals surface area contributed by atoms with Gasteiger partial charge in [-0.25, -0.2) is 0 Å². The third kappa shape index (κ3) is 2.36. The third-order valence-electron chi connectivity index (χ3n) is 1.59. The van der Waals surface area contributed by atoms with Crippen LogP contribution in [0, 0.1) is 6.92 Å². The maximum Gasteiger partial charge on any atom is 0.0480 e. The van der Waals surface area contributed by atoms with Gasteiger partial charge in [0.15, 0.2) is 0 Å². The molecule has 0 fully saturated rings. The van der Waals surface area contributed by atoms with Crippen LogP contribution in [0.15, 0.2) is 24.3 Å². The zero-order chi connectivity index (χ0) is 8.97. The molecule has 0 aliphatic heterocycles. The molecule has 0 saturated carbocycles. The molecular weight excluding hydrogens is 170 g/mol. The normalized spacial score (nSPS) is 10.9. The number of benzene rings is 1. The van der Waals surface area contributed by atoms with Crippen LogP contribution >= 0.6 is 11.6 Å². The second-order valence-corrected chi connectivity index (χ2v) is 3.07. The van der Waals surface area contributed by atoms with E-state index in [0.29, 0.717) is 6.54 Å². The molecule has 0 aliphatic rings. The van der Waals surface area contributed by atoms with E-state index in [4.69, 9.17) is 17.3 Å². The predicted molar refractivity (Wildman–Crippen MR) is 54.3 cm³/mol. The quantitative estimate of drug-likeness (QED) is 0.746. The molecule has 1 nitrogen and oxygen atoms in total. The number of nitrogens with two attached hydrogens (primary N) is 1. The zero-order valence-electron chi connectivity index (χ0n) is 7.05. The molecule has 2 heteroatoms. The Morgan fingerprint density at radius 2 is 2.25 bits per heavy atom. The average molecular weight is 182 g/mol. The Balaban J connectivity index is 2.94. The van der Waals surface area contributed by atoms with E-state index in [2.05, 4.69) is 0 Å². The van der Waals surface area contributed by atoms with Gasteiger partial charge in [-0.2, -0.15) is 0 Å². The first-order chi connectivity index (χ1) is 5.74. The lowest BCUT2D eigenvalue weighted by Gasteiger charge is -1.98. The minimum Gasteiger partial charge on any atom is -0.327 e. The molecule has 12 heavy (non-hydrogen) atoms. The molecule has 2 N–H and O–H groups in total. The van der Waals surface area contributed by atoms with Gasteiger partial charge in [-0.3, -0.25) is 0 Å². The van der Waals surface area contributed by atoms with Gasteiger partial charge in [-0.1, -0.05) is 35.9 Å². The Hall–Kier alpha value is -0.790. The molecule has 0 atom stereocenters. The van der Waals surface area contributed by atoms with E-state index in [1.165, 1.54) is 5.56 Å². The number of aryl methyl sites for hydroxylation is 1. The van der Waals surface area contributed by atoms with E-state index < -0.39 is 0 Å². The molecule has 64 valence electrons. The zero-order valence-corrected chi connectivity index (χ0v) is 7.81. The summed E-state index contributed by atoms with van der Waals surface area (Å²) in [6.45, 7) is 2.56. The predicted octanol–water partition coefficient (Wildman–Crippen LogP) is 2.62. The van der Waals surface area contributed by atoms with Gasteiger partial charge in [0.05, 0.1) is 0 Å². The highest BCUT2D eigenvalue weighted by Gasteiger charge is 1.94. The van der Waals surface area contributed by atoms with Crippen LogP contribution in [0.4, 0.5) is 0 Å². The van der Waals surface area contributed by atoms with Gasteiger partial charge in [0, 0.05) is 11.6 Å². The second kappa shape index (κ2) is 4.29.